The number of aliphatic hydroxyl groups is 1. The molecule has 0 aliphatic heterocycles. The van der Waals surface area contributed by atoms with Gasteiger partial charge in [-0.3, -0.25) is 4.39 Å². The Hall–Kier alpha value is -1.17. The highest BCUT2D eigenvalue weighted by Gasteiger charge is 2.32. The van der Waals surface area contributed by atoms with Gasteiger partial charge in [0.2, 0.25) is 0 Å². The average molecular weight is 390 g/mol. The molecule has 2 saturated carbocycles. The Balaban J connectivity index is 1.61. The second kappa shape index (κ2) is 8.89. The van der Waals surface area contributed by atoms with Gasteiger partial charge in [-0.05, 0) is 92.7 Å². The number of rotatable bonds is 5. The summed E-state index contributed by atoms with van der Waals surface area (Å²) < 4.78 is 66.2. The van der Waals surface area contributed by atoms with Crippen molar-refractivity contribution in [2.75, 3.05) is 6.67 Å². The summed E-state index contributed by atoms with van der Waals surface area (Å²) in [6.07, 6.45) is 1.90. The summed E-state index contributed by atoms with van der Waals surface area (Å²) in [5, 5.41) is 9.32. The molecule has 1 aromatic rings. The molecule has 2 fully saturated rings. The Morgan fingerprint density at radius 3 is 1.78 bits per heavy atom. The van der Waals surface area contributed by atoms with Gasteiger partial charge in [0.1, 0.15) is 17.7 Å². The quantitative estimate of drug-likeness (QED) is 0.584. The number of hydrogen-bond donors (Lipinski definition) is 1. The SMILES string of the molecule is OC(c1c(F)cc(C2CCC(C3CCC(CF)CC3)CC2)cc1F)C(F)F. The Bertz CT molecular complexity index is 596. The van der Waals surface area contributed by atoms with E-state index in [0.29, 0.717) is 17.4 Å². The van der Waals surface area contributed by atoms with Crippen molar-refractivity contribution in [3.63, 3.8) is 0 Å². The van der Waals surface area contributed by atoms with E-state index in [1.165, 1.54) is 0 Å². The van der Waals surface area contributed by atoms with Crippen LogP contribution in [0.3, 0.4) is 0 Å². The fourth-order valence-corrected chi connectivity index (χ4v) is 4.99. The van der Waals surface area contributed by atoms with E-state index in [2.05, 4.69) is 0 Å². The topological polar surface area (TPSA) is 20.2 Å². The lowest BCUT2D eigenvalue weighted by Crippen LogP contribution is -2.26. The first-order chi connectivity index (χ1) is 12.9. The van der Waals surface area contributed by atoms with E-state index in [-0.39, 0.29) is 18.5 Å². The lowest BCUT2D eigenvalue weighted by Gasteiger charge is -2.37. The minimum Gasteiger partial charge on any atom is -0.382 e. The lowest BCUT2D eigenvalue weighted by atomic mass is 9.68. The second-order valence-corrected chi connectivity index (χ2v) is 8.22. The molecule has 6 heteroatoms. The molecule has 0 bridgehead atoms. The van der Waals surface area contributed by atoms with Gasteiger partial charge >= 0.3 is 0 Å². The van der Waals surface area contributed by atoms with Gasteiger partial charge in [0, 0.05) is 0 Å². The molecule has 0 saturated heterocycles. The third-order valence-electron chi connectivity index (χ3n) is 6.66. The third-order valence-corrected chi connectivity index (χ3v) is 6.66. The van der Waals surface area contributed by atoms with Gasteiger partial charge in [0.25, 0.3) is 6.43 Å². The van der Waals surface area contributed by atoms with E-state index in [1.807, 2.05) is 0 Å². The van der Waals surface area contributed by atoms with Crippen molar-refractivity contribution in [3.05, 3.63) is 34.9 Å². The molecule has 0 aromatic heterocycles. The van der Waals surface area contributed by atoms with Crippen LogP contribution < -0.4 is 0 Å². The van der Waals surface area contributed by atoms with Crippen LogP contribution >= 0.6 is 0 Å². The lowest BCUT2D eigenvalue weighted by molar-refractivity contribution is -0.00980. The van der Waals surface area contributed by atoms with Crippen LogP contribution in [0.15, 0.2) is 12.1 Å². The van der Waals surface area contributed by atoms with Crippen molar-refractivity contribution in [1.82, 2.24) is 0 Å². The Morgan fingerprint density at radius 1 is 0.852 bits per heavy atom. The van der Waals surface area contributed by atoms with Gasteiger partial charge in [-0.15, -0.1) is 0 Å². The summed E-state index contributed by atoms with van der Waals surface area (Å²) in [7, 11) is 0. The number of benzene rings is 1. The van der Waals surface area contributed by atoms with Gasteiger partial charge in [-0.25, -0.2) is 17.6 Å². The van der Waals surface area contributed by atoms with Crippen molar-refractivity contribution in [2.24, 2.45) is 17.8 Å². The molecule has 1 atom stereocenters. The molecule has 2 aliphatic carbocycles. The van der Waals surface area contributed by atoms with Crippen molar-refractivity contribution in [1.29, 1.82) is 0 Å². The average Bonchev–Trinajstić information content (AvgIpc) is 2.67. The first-order valence-electron chi connectivity index (χ1n) is 9.91. The fourth-order valence-electron chi connectivity index (χ4n) is 4.99. The number of alkyl halides is 3. The maximum atomic E-state index is 14.2. The highest BCUT2D eigenvalue weighted by Crippen LogP contribution is 2.44. The van der Waals surface area contributed by atoms with Crippen molar-refractivity contribution < 1.29 is 27.1 Å². The molecule has 3 rings (SSSR count). The first kappa shape index (κ1) is 20.6. The third kappa shape index (κ3) is 4.64. The number of halogens is 5. The van der Waals surface area contributed by atoms with Gasteiger partial charge < -0.3 is 5.11 Å². The predicted molar refractivity (Wildman–Crippen MR) is 93.4 cm³/mol. The van der Waals surface area contributed by atoms with E-state index in [0.717, 1.165) is 63.5 Å². The molecule has 0 heterocycles. The molecule has 2 aliphatic rings. The van der Waals surface area contributed by atoms with Gasteiger partial charge in [0.05, 0.1) is 12.2 Å². The summed E-state index contributed by atoms with van der Waals surface area (Å²) in [5.74, 6) is -0.799. The van der Waals surface area contributed by atoms with Crippen molar-refractivity contribution >= 4 is 0 Å². The number of aliphatic hydroxyl groups excluding tert-OH is 1. The van der Waals surface area contributed by atoms with Crippen LogP contribution in [0.4, 0.5) is 22.0 Å². The zero-order valence-corrected chi connectivity index (χ0v) is 15.3. The maximum absolute atomic E-state index is 14.2. The molecule has 27 heavy (non-hydrogen) atoms. The van der Waals surface area contributed by atoms with Crippen LogP contribution in [0.2, 0.25) is 0 Å². The molecule has 152 valence electrons. The normalized spacial score (nSPS) is 30.5. The van der Waals surface area contributed by atoms with Crippen LogP contribution in [0.25, 0.3) is 0 Å². The van der Waals surface area contributed by atoms with Gasteiger partial charge in [0.15, 0.2) is 0 Å². The summed E-state index contributed by atoms with van der Waals surface area (Å²) in [6, 6.07) is 2.20. The monoisotopic (exact) mass is 390 g/mol. The molecule has 0 amide bonds. The molecule has 1 nitrogen and oxygen atoms in total. The van der Waals surface area contributed by atoms with Crippen molar-refractivity contribution in [3.8, 4) is 0 Å². The first-order valence-corrected chi connectivity index (χ1v) is 9.91. The van der Waals surface area contributed by atoms with Crippen LogP contribution in [-0.2, 0) is 0 Å². The van der Waals surface area contributed by atoms with Gasteiger partial charge in [-0.2, -0.15) is 0 Å². The minimum absolute atomic E-state index is 0.00479. The smallest absolute Gasteiger partial charge is 0.268 e. The van der Waals surface area contributed by atoms with Crippen LogP contribution in [0.5, 0.6) is 0 Å². The standard InChI is InChI=1S/C21H27F5O/c22-11-12-1-3-13(4-2-12)14-5-7-15(8-6-14)16-9-17(23)19(18(24)10-16)20(27)21(25)26/h9-10,12-15,20-21,27H,1-8,11H2. The predicted octanol–water partition coefficient (Wildman–Crippen LogP) is 6.31. The maximum Gasteiger partial charge on any atom is 0.268 e. The summed E-state index contributed by atoms with van der Waals surface area (Å²) in [5.41, 5.74) is -0.470. The van der Waals surface area contributed by atoms with Crippen LogP contribution in [0.1, 0.15) is 74.5 Å². The molecule has 1 unspecified atom stereocenters. The summed E-state index contributed by atoms with van der Waals surface area (Å²) in [4.78, 5) is 0. The summed E-state index contributed by atoms with van der Waals surface area (Å²) in [6.45, 7) is -0.229. The molecule has 1 N–H and O–H groups in total. The zero-order valence-electron chi connectivity index (χ0n) is 15.3. The van der Waals surface area contributed by atoms with Crippen LogP contribution in [0, 0.1) is 29.4 Å². The van der Waals surface area contributed by atoms with E-state index in [1.54, 1.807) is 0 Å². The van der Waals surface area contributed by atoms with E-state index in [4.69, 9.17) is 0 Å². The molecule has 0 radical (unpaired) electrons. The minimum atomic E-state index is -3.23. The Kier molecular flexibility index (Phi) is 6.77. The highest BCUT2D eigenvalue weighted by molar-refractivity contribution is 5.30. The Morgan fingerprint density at radius 2 is 1.33 bits per heavy atom. The highest BCUT2D eigenvalue weighted by atomic mass is 19.3. The zero-order chi connectivity index (χ0) is 19.6. The van der Waals surface area contributed by atoms with Gasteiger partial charge in [-0.1, -0.05) is 0 Å². The van der Waals surface area contributed by atoms with Crippen molar-refractivity contribution in [2.45, 2.75) is 69.8 Å². The van der Waals surface area contributed by atoms with Crippen LogP contribution in [-0.4, -0.2) is 18.2 Å². The summed E-state index contributed by atoms with van der Waals surface area (Å²) >= 11 is 0. The second-order valence-electron chi connectivity index (χ2n) is 8.22. The fraction of sp³-hybridized carbons (Fsp3) is 0.714. The molecular formula is C21H27F5O. The Labute approximate surface area is 157 Å². The molecule has 1 aromatic carbocycles. The largest absolute Gasteiger partial charge is 0.382 e. The van der Waals surface area contributed by atoms with E-state index >= 15 is 0 Å². The molecule has 0 spiro atoms. The van der Waals surface area contributed by atoms with E-state index < -0.39 is 29.7 Å². The molecular weight excluding hydrogens is 363 g/mol. The van der Waals surface area contributed by atoms with E-state index in [9.17, 15) is 27.1 Å². The number of hydrogen-bond acceptors (Lipinski definition) is 1.